The molecular weight excluding hydrogens is 354 g/mol. The molecule has 7 rings (SSSR count). The summed E-state index contributed by atoms with van der Waals surface area (Å²) in [6.45, 7) is 2.50. The molecule has 4 aliphatic carbocycles. The molecule has 1 saturated carbocycles. The number of likely N-dealkylation sites (tertiary alicyclic amines) is 1. The number of benzene rings is 1. The number of ketones is 1. The summed E-state index contributed by atoms with van der Waals surface area (Å²) in [6, 6.07) is 4.47. The number of carbonyl (C=O) groups is 1. The lowest BCUT2D eigenvalue weighted by Crippen LogP contribution is -2.77. The van der Waals surface area contributed by atoms with Crippen LogP contribution in [0.15, 0.2) is 24.3 Å². The predicted molar refractivity (Wildman–Crippen MR) is 103 cm³/mol. The van der Waals surface area contributed by atoms with E-state index >= 15 is 0 Å². The average molecular weight is 381 g/mol. The quantitative estimate of drug-likeness (QED) is 0.778. The fourth-order valence-corrected chi connectivity index (χ4v) is 7.85. The summed E-state index contributed by atoms with van der Waals surface area (Å²) in [5.41, 5.74) is 2.32. The van der Waals surface area contributed by atoms with Gasteiger partial charge in [-0.25, -0.2) is 0 Å². The summed E-state index contributed by atoms with van der Waals surface area (Å²) in [6.07, 6.45) is 6.87. The third-order valence-corrected chi connectivity index (χ3v) is 8.99. The highest BCUT2D eigenvalue weighted by atomic mass is 16.5. The highest BCUT2D eigenvalue weighted by Crippen LogP contribution is 2.75. The van der Waals surface area contributed by atoms with E-state index in [2.05, 4.69) is 30.2 Å². The van der Waals surface area contributed by atoms with Gasteiger partial charge in [-0.15, -0.1) is 0 Å². The van der Waals surface area contributed by atoms with Crippen LogP contribution in [-0.2, 0) is 23.2 Å². The fraction of sp³-hybridized carbons (Fsp3) is 0.609. The predicted octanol–water partition coefficient (Wildman–Crippen LogP) is 1.58. The van der Waals surface area contributed by atoms with Crippen molar-refractivity contribution in [2.24, 2.45) is 16.7 Å². The first-order chi connectivity index (χ1) is 13.4. The minimum atomic E-state index is -0.686. The van der Waals surface area contributed by atoms with Crippen LogP contribution in [0.1, 0.15) is 36.5 Å². The molecule has 1 aromatic carbocycles. The van der Waals surface area contributed by atoms with Gasteiger partial charge in [-0.2, -0.15) is 0 Å². The maximum Gasteiger partial charge on any atom is 0.134 e. The number of piperidine rings is 1. The van der Waals surface area contributed by atoms with Crippen molar-refractivity contribution in [3.05, 3.63) is 41.0 Å². The zero-order valence-electron chi connectivity index (χ0n) is 16.4. The zero-order valence-corrected chi connectivity index (χ0v) is 16.4. The smallest absolute Gasteiger partial charge is 0.134 e. The Hall–Kier alpha value is -1.69. The van der Waals surface area contributed by atoms with E-state index in [9.17, 15) is 15.0 Å². The van der Waals surface area contributed by atoms with E-state index < -0.39 is 5.41 Å². The van der Waals surface area contributed by atoms with Crippen molar-refractivity contribution >= 4 is 5.78 Å². The third kappa shape index (κ3) is 1.52. The first-order valence-electron chi connectivity index (χ1n) is 10.4. The van der Waals surface area contributed by atoms with Gasteiger partial charge in [-0.05, 0) is 45.3 Å². The van der Waals surface area contributed by atoms with Crippen LogP contribution in [0.4, 0.5) is 0 Å². The van der Waals surface area contributed by atoms with Crippen LogP contribution < -0.4 is 4.74 Å². The maximum atomic E-state index is 12.8. The molecule has 0 amide bonds. The first kappa shape index (κ1) is 17.2. The molecule has 148 valence electrons. The molecule has 2 fully saturated rings. The lowest BCUT2D eigenvalue weighted by molar-refractivity contribution is -0.184. The molecule has 2 heterocycles. The van der Waals surface area contributed by atoms with Gasteiger partial charge >= 0.3 is 0 Å². The minimum absolute atomic E-state index is 0.0581. The van der Waals surface area contributed by atoms with Crippen LogP contribution in [0.2, 0.25) is 0 Å². The van der Waals surface area contributed by atoms with Crippen LogP contribution in [0.3, 0.4) is 0 Å². The molecule has 5 heteroatoms. The Labute approximate surface area is 165 Å². The lowest BCUT2D eigenvalue weighted by Gasteiger charge is -2.71. The highest BCUT2D eigenvalue weighted by Gasteiger charge is 2.78. The van der Waals surface area contributed by atoms with E-state index in [1.54, 1.807) is 6.92 Å². The summed E-state index contributed by atoms with van der Waals surface area (Å²) in [4.78, 5) is 15.2. The normalized spacial score (nSPS) is 44.4. The van der Waals surface area contributed by atoms with Crippen molar-refractivity contribution in [2.45, 2.75) is 50.4 Å². The fourth-order valence-electron chi connectivity index (χ4n) is 7.85. The Morgan fingerprint density at radius 2 is 2.14 bits per heavy atom. The molecule has 2 N–H and O–H groups in total. The molecule has 1 aromatic rings. The minimum Gasteiger partial charge on any atom is -0.488 e. The SMILES string of the molecule is CC(=O)[C@H]1C[C@@]23C=C[C@]1(CO)[C@@H]1Oc4c(CO)ccc5c4[C@@]12CCN(C)[C@@H]3C5. The zero-order chi connectivity index (χ0) is 19.5. The van der Waals surface area contributed by atoms with Gasteiger partial charge in [0.1, 0.15) is 17.6 Å². The molecule has 0 unspecified atom stereocenters. The average Bonchev–Trinajstić information content (AvgIpc) is 3.07. The maximum absolute atomic E-state index is 12.8. The van der Waals surface area contributed by atoms with E-state index in [1.807, 2.05) is 6.07 Å². The molecule has 0 radical (unpaired) electrons. The van der Waals surface area contributed by atoms with E-state index in [0.717, 1.165) is 37.1 Å². The van der Waals surface area contributed by atoms with E-state index in [4.69, 9.17) is 4.74 Å². The lowest BCUT2D eigenvalue weighted by atomic mass is 9.35. The van der Waals surface area contributed by atoms with Crippen molar-refractivity contribution in [3.8, 4) is 5.75 Å². The Bertz CT molecular complexity index is 941. The van der Waals surface area contributed by atoms with E-state index in [0.29, 0.717) is 6.04 Å². The number of hydrogen-bond acceptors (Lipinski definition) is 5. The second-order valence-electron chi connectivity index (χ2n) is 9.68. The van der Waals surface area contributed by atoms with Gasteiger partial charge in [0.25, 0.3) is 0 Å². The molecule has 6 aliphatic rings. The number of aliphatic hydroxyl groups excluding tert-OH is 2. The number of rotatable bonds is 3. The second-order valence-corrected chi connectivity index (χ2v) is 9.68. The summed E-state index contributed by atoms with van der Waals surface area (Å²) in [7, 11) is 2.20. The first-order valence-corrected chi connectivity index (χ1v) is 10.4. The van der Waals surface area contributed by atoms with Gasteiger partial charge in [-0.3, -0.25) is 4.79 Å². The highest BCUT2D eigenvalue weighted by molar-refractivity contribution is 5.81. The number of Topliss-reactive ketones (excluding diaryl/α,β-unsaturated/α-hetero) is 1. The van der Waals surface area contributed by atoms with Gasteiger partial charge in [-0.1, -0.05) is 24.3 Å². The number of nitrogens with zero attached hydrogens (tertiary/aromatic N) is 1. The number of fused-ring (bicyclic) bond motifs is 1. The van der Waals surface area contributed by atoms with Gasteiger partial charge < -0.3 is 19.8 Å². The monoisotopic (exact) mass is 381 g/mol. The van der Waals surface area contributed by atoms with Crippen molar-refractivity contribution in [1.29, 1.82) is 0 Å². The van der Waals surface area contributed by atoms with Crippen LogP contribution in [0.25, 0.3) is 0 Å². The van der Waals surface area contributed by atoms with Gasteiger partial charge in [0.15, 0.2) is 0 Å². The molecule has 1 saturated heterocycles. The topological polar surface area (TPSA) is 70.0 Å². The standard InChI is InChI=1S/C23H27NO4/c1-13(27)16-10-22-6-5-21(16,12-26)20-23(22)7-8-24(2)17(22)9-14-3-4-15(11-25)19(28-20)18(14)23/h3-6,16-17,20,25-26H,7-12H2,1-2H3/t16-,17-,20+,21-,22-,23+/m1/s1. The number of ether oxygens (including phenoxy) is 1. The Morgan fingerprint density at radius 3 is 2.86 bits per heavy atom. The van der Waals surface area contributed by atoms with Crippen LogP contribution >= 0.6 is 0 Å². The molecule has 6 atom stereocenters. The number of carbonyl (C=O) groups excluding carboxylic acids is 1. The summed E-state index contributed by atoms with van der Waals surface area (Å²) in [5, 5.41) is 20.6. The number of likely N-dealkylation sites (N-methyl/N-ethyl adjacent to an activating group) is 1. The van der Waals surface area contributed by atoms with Crippen molar-refractivity contribution in [2.75, 3.05) is 20.2 Å². The van der Waals surface area contributed by atoms with Crippen molar-refractivity contribution < 1.29 is 19.7 Å². The molecule has 5 nitrogen and oxygen atoms in total. The summed E-state index contributed by atoms with van der Waals surface area (Å²) < 4.78 is 6.70. The molecule has 2 aliphatic heterocycles. The van der Waals surface area contributed by atoms with Gasteiger partial charge in [0.2, 0.25) is 0 Å². The van der Waals surface area contributed by atoms with Gasteiger partial charge in [0.05, 0.1) is 18.6 Å². The van der Waals surface area contributed by atoms with Crippen LogP contribution in [0.5, 0.6) is 5.75 Å². The van der Waals surface area contributed by atoms with Crippen molar-refractivity contribution in [1.82, 2.24) is 4.90 Å². The van der Waals surface area contributed by atoms with Crippen LogP contribution in [-0.4, -0.2) is 53.2 Å². The number of hydrogen-bond donors (Lipinski definition) is 2. The third-order valence-electron chi connectivity index (χ3n) is 8.99. The number of aliphatic hydroxyl groups is 2. The molecule has 28 heavy (non-hydrogen) atoms. The largest absolute Gasteiger partial charge is 0.488 e. The van der Waals surface area contributed by atoms with E-state index in [-0.39, 0.29) is 41.8 Å². The summed E-state index contributed by atoms with van der Waals surface area (Å²) in [5.74, 6) is 0.729. The molecule has 0 aromatic heterocycles. The molecule has 2 spiro atoms. The Balaban J connectivity index is 1.72. The van der Waals surface area contributed by atoms with Crippen molar-refractivity contribution in [3.63, 3.8) is 0 Å². The van der Waals surface area contributed by atoms with Gasteiger partial charge in [0, 0.05) is 33.9 Å². The summed E-state index contributed by atoms with van der Waals surface area (Å²) >= 11 is 0. The van der Waals surface area contributed by atoms with Crippen LogP contribution in [0, 0.1) is 16.7 Å². The molecule has 4 bridgehead atoms. The Morgan fingerprint density at radius 1 is 1.32 bits per heavy atom. The van der Waals surface area contributed by atoms with E-state index in [1.165, 1.54) is 11.1 Å². The second kappa shape index (κ2) is 5.07. The molecular formula is C23H27NO4. The Kier molecular flexibility index (Phi) is 3.11.